The number of rotatable bonds is 5. The fraction of sp³-hybridized carbons (Fsp3) is 0.235. The molecule has 0 aromatic heterocycles. The molecule has 0 bridgehead atoms. The highest BCUT2D eigenvalue weighted by molar-refractivity contribution is 9.10. The quantitative estimate of drug-likeness (QED) is 0.565. The minimum absolute atomic E-state index is 0.200. The maximum Gasteiger partial charge on any atom is 0.316 e. The summed E-state index contributed by atoms with van der Waals surface area (Å²) in [5, 5.41) is 0. The summed E-state index contributed by atoms with van der Waals surface area (Å²) in [4.78, 5) is 12.9. The van der Waals surface area contributed by atoms with Gasteiger partial charge in [0.25, 0.3) is 0 Å². The van der Waals surface area contributed by atoms with E-state index in [2.05, 4.69) is 15.9 Å². The minimum atomic E-state index is -0.249. The van der Waals surface area contributed by atoms with Gasteiger partial charge in [-0.3, -0.25) is 4.79 Å². The van der Waals surface area contributed by atoms with Gasteiger partial charge in [-0.15, -0.1) is 11.8 Å². The summed E-state index contributed by atoms with van der Waals surface area (Å²) < 4.78 is 17.2. The van der Waals surface area contributed by atoms with Crippen LogP contribution in [0.25, 0.3) is 0 Å². The molecule has 0 unspecified atom stereocenters. The summed E-state index contributed by atoms with van der Waals surface area (Å²) in [5.41, 5.74) is 0.854. The summed E-state index contributed by atoms with van der Waals surface area (Å²) in [5.74, 6) is 1.43. The first kappa shape index (κ1) is 16.2. The molecule has 1 aliphatic heterocycles. The predicted octanol–water partition coefficient (Wildman–Crippen LogP) is 4.06. The predicted molar refractivity (Wildman–Crippen MR) is 92.1 cm³/mol. The molecule has 0 radical (unpaired) electrons. The molecule has 1 aliphatic rings. The fourth-order valence-electron chi connectivity index (χ4n) is 2.08. The van der Waals surface area contributed by atoms with Crippen molar-refractivity contribution in [1.82, 2.24) is 0 Å². The third-order valence-corrected chi connectivity index (χ3v) is 4.92. The molecule has 0 amide bonds. The molecule has 0 saturated carbocycles. The SMILES string of the molecule is O=C(CSc1ccccc1)OCc1cc2c(cc1Br)OCCO2. The molecular weight excluding hydrogens is 380 g/mol. The smallest absolute Gasteiger partial charge is 0.316 e. The molecule has 0 atom stereocenters. The van der Waals surface area contributed by atoms with Crippen LogP contribution in [0.2, 0.25) is 0 Å². The third kappa shape index (κ3) is 4.42. The first-order valence-electron chi connectivity index (χ1n) is 7.14. The number of hydrogen-bond donors (Lipinski definition) is 0. The van der Waals surface area contributed by atoms with Crippen LogP contribution in [-0.4, -0.2) is 24.9 Å². The van der Waals surface area contributed by atoms with Gasteiger partial charge in [0.2, 0.25) is 0 Å². The van der Waals surface area contributed by atoms with E-state index in [1.54, 1.807) is 0 Å². The van der Waals surface area contributed by atoms with Gasteiger partial charge in [0, 0.05) is 14.9 Å². The van der Waals surface area contributed by atoms with Crippen LogP contribution in [0.5, 0.6) is 11.5 Å². The summed E-state index contributed by atoms with van der Waals surface area (Å²) in [7, 11) is 0. The van der Waals surface area contributed by atoms with Crippen molar-refractivity contribution in [3.8, 4) is 11.5 Å². The Bertz CT molecular complexity index is 690. The van der Waals surface area contributed by atoms with Gasteiger partial charge < -0.3 is 14.2 Å². The second kappa shape index (κ2) is 7.75. The van der Waals surface area contributed by atoms with Crippen LogP contribution >= 0.6 is 27.7 Å². The number of benzene rings is 2. The highest BCUT2D eigenvalue weighted by Crippen LogP contribution is 2.35. The molecule has 0 aliphatic carbocycles. The van der Waals surface area contributed by atoms with Crippen LogP contribution in [0.4, 0.5) is 0 Å². The van der Waals surface area contributed by atoms with E-state index in [1.165, 1.54) is 11.8 Å². The minimum Gasteiger partial charge on any atom is -0.486 e. The van der Waals surface area contributed by atoms with Crippen molar-refractivity contribution < 1.29 is 19.0 Å². The van der Waals surface area contributed by atoms with Crippen LogP contribution in [0.15, 0.2) is 51.8 Å². The van der Waals surface area contributed by atoms with Gasteiger partial charge in [0.1, 0.15) is 19.8 Å². The molecule has 23 heavy (non-hydrogen) atoms. The lowest BCUT2D eigenvalue weighted by atomic mass is 10.2. The highest BCUT2D eigenvalue weighted by Gasteiger charge is 2.15. The number of carbonyl (C=O) groups is 1. The fourth-order valence-corrected chi connectivity index (χ4v) is 3.23. The second-order valence-electron chi connectivity index (χ2n) is 4.85. The Morgan fingerprint density at radius 1 is 1.13 bits per heavy atom. The van der Waals surface area contributed by atoms with Crippen molar-refractivity contribution in [3.05, 3.63) is 52.5 Å². The number of carbonyl (C=O) groups excluding carboxylic acids is 1. The van der Waals surface area contributed by atoms with Gasteiger partial charge >= 0.3 is 5.97 Å². The van der Waals surface area contributed by atoms with Crippen LogP contribution in [0.1, 0.15) is 5.56 Å². The molecule has 6 heteroatoms. The highest BCUT2D eigenvalue weighted by atomic mass is 79.9. The van der Waals surface area contributed by atoms with E-state index in [9.17, 15) is 4.79 Å². The maximum absolute atomic E-state index is 11.9. The third-order valence-electron chi connectivity index (χ3n) is 3.20. The van der Waals surface area contributed by atoms with Crippen LogP contribution < -0.4 is 9.47 Å². The van der Waals surface area contributed by atoms with Gasteiger partial charge in [-0.2, -0.15) is 0 Å². The van der Waals surface area contributed by atoms with Crippen molar-refractivity contribution in [1.29, 1.82) is 0 Å². The Hall–Kier alpha value is -1.66. The van der Waals surface area contributed by atoms with E-state index in [0.29, 0.717) is 24.7 Å². The first-order chi connectivity index (χ1) is 11.2. The zero-order chi connectivity index (χ0) is 16.1. The summed E-state index contributed by atoms with van der Waals surface area (Å²) in [6, 6.07) is 13.5. The van der Waals surface area contributed by atoms with E-state index >= 15 is 0 Å². The number of esters is 1. The summed E-state index contributed by atoms with van der Waals surface area (Å²) >= 11 is 4.93. The molecule has 4 nitrogen and oxygen atoms in total. The molecule has 2 aromatic rings. The molecule has 0 saturated heterocycles. The van der Waals surface area contributed by atoms with Crippen molar-refractivity contribution in [3.63, 3.8) is 0 Å². The maximum atomic E-state index is 11.9. The molecule has 0 fully saturated rings. The topological polar surface area (TPSA) is 44.8 Å². The van der Waals surface area contributed by atoms with E-state index < -0.39 is 0 Å². The Labute approximate surface area is 147 Å². The van der Waals surface area contributed by atoms with Gasteiger partial charge in [-0.25, -0.2) is 0 Å². The summed E-state index contributed by atoms with van der Waals surface area (Å²) in [6.45, 7) is 1.28. The number of fused-ring (bicyclic) bond motifs is 1. The van der Waals surface area contributed by atoms with Crippen molar-refractivity contribution in [2.75, 3.05) is 19.0 Å². The normalized spacial score (nSPS) is 12.7. The average Bonchev–Trinajstić information content (AvgIpc) is 2.59. The molecule has 120 valence electrons. The van der Waals surface area contributed by atoms with Gasteiger partial charge in [0.05, 0.1) is 5.75 Å². The number of halogens is 1. The molecule has 2 aromatic carbocycles. The molecule has 0 N–H and O–H groups in total. The van der Waals surface area contributed by atoms with Crippen molar-refractivity contribution in [2.24, 2.45) is 0 Å². The van der Waals surface area contributed by atoms with Crippen molar-refractivity contribution in [2.45, 2.75) is 11.5 Å². The lowest BCUT2D eigenvalue weighted by Crippen LogP contribution is -2.16. The Morgan fingerprint density at radius 2 is 1.83 bits per heavy atom. The molecule has 0 spiro atoms. The second-order valence-corrected chi connectivity index (χ2v) is 6.75. The zero-order valence-electron chi connectivity index (χ0n) is 12.3. The van der Waals surface area contributed by atoms with Crippen LogP contribution in [0.3, 0.4) is 0 Å². The van der Waals surface area contributed by atoms with E-state index in [4.69, 9.17) is 14.2 Å². The van der Waals surface area contributed by atoms with E-state index in [-0.39, 0.29) is 18.3 Å². The van der Waals surface area contributed by atoms with E-state index in [1.807, 2.05) is 42.5 Å². The lowest BCUT2D eigenvalue weighted by molar-refractivity contribution is -0.141. The molecule has 3 rings (SSSR count). The Morgan fingerprint density at radius 3 is 2.57 bits per heavy atom. The van der Waals surface area contributed by atoms with Gasteiger partial charge in [0.15, 0.2) is 11.5 Å². The average molecular weight is 395 g/mol. The summed E-state index contributed by atoms with van der Waals surface area (Å²) in [6.07, 6.45) is 0. The number of hydrogen-bond acceptors (Lipinski definition) is 5. The molecule has 1 heterocycles. The zero-order valence-corrected chi connectivity index (χ0v) is 14.7. The monoisotopic (exact) mass is 394 g/mol. The Balaban J connectivity index is 1.54. The van der Waals surface area contributed by atoms with Crippen LogP contribution in [-0.2, 0) is 16.1 Å². The van der Waals surface area contributed by atoms with Crippen molar-refractivity contribution >= 4 is 33.7 Å². The first-order valence-corrected chi connectivity index (χ1v) is 8.92. The molecular formula is C17H15BrO4S. The lowest BCUT2D eigenvalue weighted by Gasteiger charge is -2.19. The standard InChI is InChI=1S/C17H15BrO4S/c18-14-9-16-15(20-6-7-21-16)8-12(14)10-22-17(19)11-23-13-4-2-1-3-5-13/h1-5,8-9H,6-7,10-11H2. The van der Waals surface area contributed by atoms with E-state index in [0.717, 1.165) is 14.9 Å². The number of ether oxygens (including phenoxy) is 3. The number of thioether (sulfide) groups is 1. The van der Waals surface area contributed by atoms with Gasteiger partial charge in [-0.05, 0) is 24.3 Å². The largest absolute Gasteiger partial charge is 0.486 e. The Kier molecular flexibility index (Phi) is 5.46. The van der Waals surface area contributed by atoms with Gasteiger partial charge in [-0.1, -0.05) is 34.1 Å². The van der Waals surface area contributed by atoms with Crippen LogP contribution in [0, 0.1) is 0 Å².